The largest absolute Gasteiger partial charge is 0.254 e. The van der Waals surface area contributed by atoms with Crippen molar-refractivity contribution in [1.29, 1.82) is 0 Å². The van der Waals surface area contributed by atoms with Gasteiger partial charge in [-0.15, -0.1) is 0 Å². The average Bonchev–Trinajstić information content (AvgIpc) is 3.21. The molecule has 2 unspecified atom stereocenters. The lowest BCUT2D eigenvalue weighted by Crippen LogP contribution is -2.30. The van der Waals surface area contributed by atoms with Crippen molar-refractivity contribution in [3.63, 3.8) is 0 Å². The highest BCUT2D eigenvalue weighted by molar-refractivity contribution is 6.17. The van der Waals surface area contributed by atoms with Gasteiger partial charge in [0.25, 0.3) is 0 Å². The molecule has 4 aliphatic carbocycles. The first-order valence-electron chi connectivity index (χ1n) is 17.9. The predicted octanol–water partition coefficient (Wildman–Crippen LogP) is 11.2. The molecule has 4 aromatic carbocycles. The predicted molar refractivity (Wildman–Crippen MR) is 214 cm³/mol. The van der Waals surface area contributed by atoms with Crippen LogP contribution in [0.3, 0.4) is 0 Å². The lowest BCUT2D eigenvalue weighted by molar-refractivity contribution is 0.569. The van der Waals surface area contributed by atoms with Crippen molar-refractivity contribution in [2.75, 3.05) is 0 Å². The minimum absolute atomic E-state index is 0.183. The topological polar surface area (TPSA) is 51.6 Å². The molecule has 240 valence electrons. The average molecular weight is 661 g/mol. The van der Waals surface area contributed by atoms with Crippen molar-refractivity contribution < 1.29 is 0 Å². The molecule has 0 spiro atoms. The van der Waals surface area contributed by atoms with Gasteiger partial charge in [0.05, 0.1) is 33.1 Å². The van der Waals surface area contributed by atoms with Gasteiger partial charge in [0.2, 0.25) is 0 Å². The molecule has 0 radical (unpaired) electrons. The van der Waals surface area contributed by atoms with Gasteiger partial charge in [-0.3, -0.25) is 9.97 Å². The van der Waals surface area contributed by atoms with Crippen molar-refractivity contribution in [2.45, 2.75) is 0 Å². The van der Waals surface area contributed by atoms with Gasteiger partial charge in [0.1, 0.15) is 0 Å². The van der Waals surface area contributed by atoms with Crippen LogP contribution in [-0.4, -0.2) is 19.9 Å². The van der Waals surface area contributed by atoms with Gasteiger partial charge in [0, 0.05) is 67.7 Å². The molecule has 0 N–H and O–H groups in total. The molecule has 2 atom stereocenters. The monoisotopic (exact) mass is 660 g/mol. The quantitative estimate of drug-likeness (QED) is 0.137. The lowest BCUT2D eigenvalue weighted by Gasteiger charge is -2.42. The Labute approximate surface area is 298 Å². The molecule has 52 heavy (non-hydrogen) atoms. The number of nitrogens with zero attached hydrogens (tertiary/aromatic N) is 4. The van der Waals surface area contributed by atoms with Crippen LogP contribution in [0, 0.1) is 11.8 Å². The van der Waals surface area contributed by atoms with Gasteiger partial charge < -0.3 is 0 Å². The van der Waals surface area contributed by atoms with E-state index in [-0.39, 0.29) is 11.8 Å². The molecule has 0 aliphatic heterocycles. The first-order valence-corrected chi connectivity index (χ1v) is 17.9. The maximum absolute atomic E-state index is 5.21. The third-order valence-electron chi connectivity index (χ3n) is 11.5. The summed E-state index contributed by atoms with van der Waals surface area (Å²) in [5, 5.41) is 6.77. The van der Waals surface area contributed by atoms with Crippen molar-refractivity contribution >= 4 is 76.6 Å². The summed E-state index contributed by atoms with van der Waals surface area (Å²) in [5.74, 6) is 0.366. The van der Waals surface area contributed by atoms with E-state index in [9.17, 15) is 0 Å². The highest BCUT2D eigenvalue weighted by Gasteiger charge is 2.41. The molecule has 4 nitrogen and oxygen atoms in total. The van der Waals surface area contributed by atoms with Gasteiger partial charge in [0.15, 0.2) is 0 Å². The molecule has 4 heteroatoms. The lowest BCUT2D eigenvalue weighted by atomic mass is 9.61. The smallest absolute Gasteiger partial charge is 0.0978 e. The number of benzene rings is 4. The van der Waals surface area contributed by atoms with E-state index in [0.717, 1.165) is 65.4 Å². The van der Waals surface area contributed by atoms with E-state index in [1.165, 1.54) is 44.6 Å². The van der Waals surface area contributed by atoms with Crippen LogP contribution in [0.15, 0.2) is 180 Å². The number of hydrogen-bond donors (Lipinski definition) is 0. The Morgan fingerprint density at radius 2 is 1.02 bits per heavy atom. The van der Waals surface area contributed by atoms with Gasteiger partial charge >= 0.3 is 0 Å². The number of para-hydroxylation sites is 2. The second kappa shape index (κ2) is 10.4. The van der Waals surface area contributed by atoms with Crippen LogP contribution >= 0.6 is 0 Å². The Kier molecular flexibility index (Phi) is 5.58. The second-order valence-corrected chi connectivity index (χ2v) is 14.1. The molecule has 0 bridgehead atoms. The number of aromatic nitrogens is 4. The molecule has 0 fully saturated rings. The molecule has 8 aromatic rings. The number of rotatable bonds is 2. The fourth-order valence-corrected chi connectivity index (χ4v) is 9.30. The number of hydrogen-bond acceptors (Lipinski definition) is 4. The van der Waals surface area contributed by atoms with Gasteiger partial charge in [-0.2, -0.15) is 0 Å². The summed E-state index contributed by atoms with van der Waals surface area (Å²) in [4.78, 5) is 20.0. The van der Waals surface area contributed by atoms with E-state index in [4.69, 9.17) is 19.9 Å². The summed E-state index contributed by atoms with van der Waals surface area (Å²) >= 11 is 0. The number of fused-ring (bicyclic) bond motifs is 8. The summed E-state index contributed by atoms with van der Waals surface area (Å²) in [7, 11) is 0. The van der Waals surface area contributed by atoms with Crippen LogP contribution in [0.5, 0.6) is 0 Å². The van der Waals surface area contributed by atoms with E-state index in [0.29, 0.717) is 0 Å². The summed E-state index contributed by atoms with van der Waals surface area (Å²) in [6.07, 6.45) is 22.5. The zero-order valence-corrected chi connectivity index (χ0v) is 28.0. The highest BCUT2D eigenvalue weighted by atomic mass is 14.8. The Bertz CT molecular complexity index is 3190. The third-order valence-corrected chi connectivity index (χ3v) is 11.5. The first kappa shape index (κ1) is 28.0. The van der Waals surface area contributed by atoms with Crippen molar-refractivity contribution in [2.24, 2.45) is 11.8 Å². The van der Waals surface area contributed by atoms with Gasteiger partial charge in [-0.05, 0) is 57.7 Å². The van der Waals surface area contributed by atoms with Crippen LogP contribution < -0.4 is 0 Å². The van der Waals surface area contributed by atoms with Crippen molar-refractivity contribution in [3.8, 4) is 0 Å². The zero-order valence-electron chi connectivity index (χ0n) is 28.0. The maximum atomic E-state index is 5.21. The highest BCUT2D eigenvalue weighted by Crippen LogP contribution is 2.55. The van der Waals surface area contributed by atoms with E-state index in [1.807, 2.05) is 24.5 Å². The molecule has 12 rings (SSSR count). The molecule has 0 saturated heterocycles. The standard InChI is InChI=1S/C48H28N4/c1-3-11-39-35(9-1)43(37-23-17-29-7-5-25-49-45(29)47(37)51-39)33-21-15-27-14-20-32-34(22-16-28-13-19-31(33)41(27)42(28)32)44-36-10-2-4-12-40(36)52-48-38(44)24-18-30-8-6-26-50-46(30)48/h1-26,41-42H. The maximum Gasteiger partial charge on any atom is 0.0978 e. The molecule has 0 saturated carbocycles. The summed E-state index contributed by atoms with van der Waals surface area (Å²) in [6, 6.07) is 34.2. The van der Waals surface area contributed by atoms with Crippen LogP contribution in [0.1, 0.15) is 11.1 Å². The Balaban J connectivity index is 1.10. The fraction of sp³-hybridized carbons (Fsp3) is 0.0417. The van der Waals surface area contributed by atoms with Crippen LogP contribution in [0.25, 0.3) is 76.6 Å². The van der Waals surface area contributed by atoms with Crippen molar-refractivity contribution in [1.82, 2.24) is 19.9 Å². The Morgan fingerprint density at radius 3 is 1.73 bits per heavy atom. The Hall–Kier alpha value is -6.78. The summed E-state index contributed by atoms with van der Waals surface area (Å²) in [5.41, 5.74) is 16.1. The fourth-order valence-electron chi connectivity index (χ4n) is 9.30. The van der Waals surface area contributed by atoms with E-state index < -0.39 is 0 Å². The third kappa shape index (κ3) is 3.76. The van der Waals surface area contributed by atoms with Crippen molar-refractivity contribution in [3.05, 3.63) is 191 Å². The normalized spacial score (nSPS) is 19.0. The molecular formula is C48H28N4. The number of pyridine rings is 4. The van der Waals surface area contributed by atoms with E-state index >= 15 is 0 Å². The van der Waals surface area contributed by atoms with Gasteiger partial charge in [-0.25, -0.2) is 9.97 Å². The minimum Gasteiger partial charge on any atom is -0.254 e. The first-order chi connectivity index (χ1) is 25.8. The minimum atomic E-state index is 0.183. The molecule has 4 aliphatic rings. The zero-order chi connectivity index (χ0) is 33.9. The SMILES string of the molecule is C1=CC2=C(c3c4ccccc4nc4c3ccc3cccnc34)C=CC3=CC=C4C(c5c6ccccc6nc6c5ccc5cccnc56)=CC=C1C4C32. The van der Waals surface area contributed by atoms with Crippen LogP contribution in [-0.2, 0) is 0 Å². The van der Waals surface area contributed by atoms with E-state index in [1.54, 1.807) is 0 Å². The second-order valence-electron chi connectivity index (χ2n) is 14.1. The molecule has 0 amide bonds. The van der Waals surface area contributed by atoms with Crippen LogP contribution in [0.2, 0.25) is 0 Å². The van der Waals surface area contributed by atoms with Crippen LogP contribution in [0.4, 0.5) is 0 Å². The Morgan fingerprint density at radius 1 is 0.423 bits per heavy atom. The molecule has 4 aromatic heterocycles. The number of allylic oxidation sites excluding steroid dienone is 14. The van der Waals surface area contributed by atoms with E-state index in [2.05, 4.69) is 134 Å². The molecule has 4 heterocycles. The molecular weight excluding hydrogens is 633 g/mol. The summed E-state index contributed by atoms with van der Waals surface area (Å²) < 4.78 is 0. The summed E-state index contributed by atoms with van der Waals surface area (Å²) in [6.45, 7) is 0. The van der Waals surface area contributed by atoms with Gasteiger partial charge in [-0.1, -0.05) is 121 Å².